The van der Waals surface area contributed by atoms with Gasteiger partial charge in [0.05, 0.1) is 23.1 Å². The fourth-order valence-electron chi connectivity index (χ4n) is 2.18. The smallest absolute Gasteiger partial charge is 0.257 e. The Kier molecular flexibility index (Phi) is 4.09. The first kappa shape index (κ1) is 15.2. The van der Waals surface area contributed by atoms with E-state index in [1.165, 1.54) is 17.2 Å². The molecule has 0 saturated carbocycles. The second kappa shape index (κ2) is 5.65. The summed E-state index contributed by atoms with van der Waals surface area (Å²) in [5.41, 5.74) is -0.116. The number of aromatic nitrogens is 2. The molecule has 0 atom stereocenters. The van der Waals surface area contributed by atoms with Crippen LogP contribution in [0.5, 0.6) is 0 Å². The van der Waals surface area contributed by atoms with Crippen LogP contribution in [0.1, 0.15) is 24.2 Å². The van der Waals surface area contributed by atoms with Crippen LogP contribution in [-0.2, 0) is 0 Å². The number of hydrogen-bond donors (Lipinski definition) is 2. The van der Waals surface area contributed by atoms with Crippen molar-refractivity contribution in [2.75, 3.05) is 13.6 Å². The molecule has 0 aliphatic rings. The summed E-state index contributed by atoms with van der Waals surface area (Å²) in [6.07, 6.45) is 1.37. The third-order valence-corrected chi connectivity index (χ3v) is 2.98. The Hall–Kier alpha value is -2.21. The number of benzene rings is 1. The summed E-state index contributed by atoms with van der Waals surface area (Å²) < 4.78 is 13.9. The molecule has 0 fully saturated rings. The maximum Gasteiger partial charge on any atom is 0.257 e. The summed E-state index contributed by atoms with van der Waals surface area (Å²) >= 11 is 0. The molecule has 2 aromatic rings. The molecule has 0 saturated heterocycles. The zero-order valence-electron chi connectivity index (χ0n) is 12.2. The Labute approximate surface area is 122 Å². The minimum atomic E-state index is -1.01. The molecule has 112 valence electrons. The van der Waals surface area contributed by atoms with Gasteiger partial charge in [0.2, 0.25) is 0 Å². The minimum absolute atomic E-state index is 0.160. The largest absolute Gasteiger partial charge is 0.389 e. The molecule has 2 rings (SSSR count). The molecule has 0 unspecified atom stereocenters. The molecule has 6 heteroatoms. The number of H-pyrrole nitrogens is 1. The number of carbonyl (C=O) groups excluding carboxylic acids is 1. The molecule has 1 heterocycles. The Morgan fingerprint density at radius 1 is 1.43 bits per heavy atom. The number of hydrogen-bond acceptors (Lipinski definition) is 3. The van der Waals surface area contributed by atoms with Gasteiger partial charge in [0.1, 0.15) is 5.82 Å². The van der Waals surface area contributed by atoms with Crippen LogP contribution in [-0.4, -0.2) is 45.3 Å². The highest BCUT2D eigenvalue weighted by atomic mass is 19.1. The quantitative estimate of drug-likeness (QED) is 0.906. The van der Waals surface area contributed by atoms with Crippen LogP contribution in [0, 0.1) is 5.82 Å². The number of nitrogens with zero attached hydrogens (tertiary/aromatic N) is 2. The molecule has 1 amide bonds. The van der Waals surface area contributed by atoms with E-state index in [0.29, 0.717) is 5.69 Å². The van der Waals surface area contributed by atoms with Crippen molar-refractivity contribution >= 4 is 5.91 Å². The van der Waals surface area contributed by atoms with E-state index < -0.39 is 11.4 Å². The fourth-order valence-corrected chi connectivity index (χ4v) is 2.18. The van der Waals surface area contributed by atoms with Crippen LogP contribution in [0.2, 0.25) is 0 Å². The monoisotopic (exact) mass is 291 g/mol. The molecule has 2 N–H and O–H groups in total. The van der Waals surface area contributed by atoms with E-state index in [1.54, 1.807) is 39.1 Å². The number of carbonyl (C=O) groups is 1. The first-order valence-electron chi connectivity index (χ1n) is 6.56. The predicted molar refractivity (Wildman–Crippen MR) is 77.2 cm³/mol. The van der Waals surface area contributed by atoms with Crippen LogP contribution in [0.4, 0.5) is 4.39 Å². The molecule has 0 aliphatic heterocycles. The lowest BCUT2D eigenvalue weighted by molar-refractivity contribution is 0.0368. The second-order valence-corrected chi connectivity index (χ2v) is 5.61. The average molecular weight is 291 g/mol. The second-order valence-electron chi connectivity index (χ2n) is 5.61. The van der Waals surface area contributed by atoms with Gasteiger partial charge in [-0.25, -0.2) is 4.39 Å². The molecule has 21 heavy (non-hydrogen) atoms. The number of halogens is 1. The van der Waals surface area contributed by atoms with Crippen LogP contribution >= 0.6 is 0 Å². The first-order chi connectivity index (χ1) is 9.79. The number of aromatic amines is 1. The molecule has 0 radical (unpaired) electrons. The molecule has 0 bridgehead atoms. The van der Waals surface area contributed by atoms with Crippen molar-refractivity contribution in [2.24, 2.45) is 0 Å². The van der Waals surface area contributed by atoms with Gasteiger partial charge in [-0.1, -0.05) is 12.1 Å². The van der Waals surface area contributed by atoms with Crippen LogP contribution in [0.15, 0.2) is 30.5 Å². The van der Waals surface area contributed by atoms with Crippen molar-refractivity contribution < 1.29 is 14.3 Å². The molecule has 0 spiro atoms. The van der Waals surface area contributed by atoms with Gasteiger partial charge in [0, 0.05) is 19.2 Å². The van der Waals surface area contributed by atoms with Crippen molar-refractivity contribution in [3.63, 3.8) is 0 Å². The van der Waals surface area contributed by atoms with E-state index in [9.17, 15) is 14.3 Å². The lowest BCUT2D eigenvalue weighted by Crippen LogP contribution is -2.39. The average Bonchev–Trinajstić information content (AvgIpc) is 2.85. The standard InChI is InChI=1S/C15H18FN3O2/c1-15(2,21)9-19(3)14(20)11-8-17-18-13(11)10-6-4-5-7-12(10)16/h4-8,21H,9H2,1-3H3,(H,17,18). The Balaban J connectivity index is 2.33. The summed E-state index contributed by atoms with van der Waals surface area (Å²) in [6.45, 7) is 3.39. The van der Waals surface area contributed by atoms with Crippen molar-refractivity contribution in [3.05, 3.63) is 41.8 Å². The van der Waals surface area contributed by atoms with Crippen molar-refractivity contribution in [2.45, 2.75) is 19.4 Å². The lowest BCUT2D eigenvalue weighted by Gasteiger charge is -2.25. The van der Waals surface area contributed by atoms with Gasteiger partial charge >= 0.3 is 0 Å². The number of nitrogens with one attached hydrogen (secondary N) is 1. The van der Waals surface area contributed by atoms with Crippen molar-refractivity contribution in [1.29, 1.82) is 0 Å². The zero-order valence-corrected chi connectivity index (χ0v) is 12.2. The highest BCUT2D eigenvalue weighted by Gasteiger charge is 2.24. The SMILES string of the molecule is CN(CC(C)(C)O)C(=O)c1cn[nH]c1-c1ccccc1F. The minimum Gasteiger partial charge on any atom is -0.389 e. The Morgan fingerprint density at radius 2 is 2.10 bits per heavy atom. The van der Waals surface area contributed by atoms with E-state index in [2.05, 4.69) is 10.2 Å². The summed E-state index contributed by atoms with van der Waals surface area (Å²) in [5.74, 6) is -0.759. The number of amides is 1. The molecular formula is C15H18FN3O2. The highest BCUT2D eigenvalue weighted by molar-refractivity contribution is 5.99. The van der Waals surface area contributed by atoms with Crippen molar-refractivity contribution in [3.8, 4) is 11.3 Å². The van der Waals surface area contributed by atoms with Gasteiger partial charge in [0.25, 0.3) is 5.91 Å². The molecule has 1 aromatic heterocycles. The zero-order chi connectivity index (χ0) is 15.6. The maximum absolute atomic E-state index is 13.9. The van der Waals surface area contributed by atoms with Gasteiger partial charge in [0.15, 0.2) is 0 Å². The van der Waals surface area contributed by atoms with E-state index in [1.807, 2.05) is 0 Å². The van der Waals surface area contributed by atoms with Crippen LogP contribution in [0.25, 0.3) is 11.3 Å². The first-order valence-corrected chi connectivity index (χ1v) is 6.56. The summed E-state index contributed by atoms with van der Waals surface area (Å²) in [7, 11) is 1.58. The maximum atomic E-state index is 13.9. The molecule has 5 nitrogen and oxygen atoms in total. The van der Waals surface area contributed by atoms with Gasteiger partial charge < -0.3 is 10.0 Å². The topological polar surface area (TPSA) is 69.2 Å². The van der Waals surface area contributed by atoms with Gasteiger partial charge in [-0.05, 0) is 26.0 Å². The predicted octanol–water partition coefficient (Wildman–Crippen LogP) is 2.06. The third-order valence-electron chi connectivity index (χ3n) is 2.98. The highest BCUT2D eigenvalue weighted by Crippen LogP contribution is 2.24. The Morgan fingerprint density at radius 3 is 2.71 bits per heavy atom. The van der Waals surface area contributed by atoms with Crippen LogP contribution < -0.4 is 0 Å². The van der Waals surface area contributed by atoms with Gasteiger partial charge in [-0.15, -0.1) is 0 Å². The van der Waals surface area contributed by atoms with E-state index in [4.69, 9.17) is 0 Å². The van der Waals surface area contributed by atoms with Crippen LogP contribution in [0.3, 0.4) is 0 Å². The Bertz CT molecular complexity index is 646. The summed E-state index contributed by atoms with van der Waals surface area (Å²) in [5, 5.41) is 16.3. The van der Waals surface area contributed by atoms with E-state index in [0.717, 1.165) is 0 Å². The normalized spacial score (nSPS) is 11.5. The van der Waals surface area contributed by atoms with Gasteiger partial charge in [-0.2, -0.15) is 5.10 Å². The molecular weight excluding hydrogens is 273 g/mol. The van der Waals surface area contributed by atoms with E-state index in [-0.39, 0.29) is 23.6 Å². The van der Waals surface area contributed by atoms with E-state index >= 15 is 0 Å². The molecule has 0 aliphatic carbocycles. The molecule has 1 aromatic carbocycles. The van der Waals surface area contributed by atoms with Crippen molar-refractivity contribution in [1.82, 2.24) is 15.1 Å². The van der Waals surface area contributed by atoms with Gasteiger partial charge in [-0.3, -0.25) is 9.89 Å². The number of aliphatic hydroxyl groups is 1. The fraction of sp³-hybridized carbons (Fsp3) is 0.333. The number of likely N-dealkylation sites (N-methyl/N-ethyl adjacent to an activating group) is 1. The third kappa shape index (κ3) is 3.46. The summed E-state index contributed by atoms with van der Waals surface area (Å²) in [4.78, 5) is 13.8. The lowest BCUT2D eigenvalue weighted by atomic mass is 10.1. The number of rotatable bonds is 4. The summed E-state index contributed by atoms with van der Waals surface area (Å²) in [6, 6.07) is 6.17.